The number of aliphatic carboxylic acids is 1. The van der Waals surface area contributed by atoms with Gasteiger partial charge in [0.25, 0.3) is 5.69 Å². The van der Waals surface area contributed by atoms with Crippen LogP contribution < -0.4 is 0 Å². The van der Waals surface area contributed by atoms with Gasteiger partial charge in [-0.05, 0) is 23.8 Å². The van der Waals surface area contributed by atoms with E-state index in [2.05, 4.69) is 0 Å². The Morgan fingerprint density at radius 1 is 1.13 bits per heavy atom. The fraction of sp³-hybridized carbons (Fsp3) is 0. The number of benzene rings is 2. The van der Waals surface area contributed by atoms with Crippen LogP contribution in [0.4, 0.5) is 5.69 Å². The fourth-order valence-corrected chi connectivity index (χ4v) is 3.26. The van der Waals surface area contributed by atoms with Crippen molar-refractivity contribution in [3.63, 3.8) is 0 Å². The van der Waals surface area contributed by atoms with Gasteiger partial charge in [0.15, 0.2) is 0 Å². The van der Waals surface area contributed by atoms with Gasteiger partial charge in [-0.1, -0.05) is 53.2 Å². The maximum absolute atomic E-state index is 11.0. The molecule has 8 heteroatoms. The number of rotatable bonds is 5. The second-order valence-electron chi connectivity index (χ2n) is 4.28. The molecule has 0 aromatic heterocycles. The molecule has 0 spiro atoms. The Hall–Kier alpha value is -2.02. The molecule has 0 radical (unpaired) electrons. The largest absolute Gasteiger partial charge is 0.478 e. The second-order valence-corrected chi connectivity index (χ2v) is 6.12. The number of carbonyl (C=O) groups is 1. The van der Waals surface area contributed by atoms with Crippen LogP contribution in [0.25, 0.3) is 6.08 Å². The van der Waals surface area contributed by atoms with E-state index in [1.165, 1.54) is 12.1 Å². The quantitative estimate of drug-likeness (QED) is 0.447. The van der Waals surface area contributed by atoms with Crippen LogP contribution in [0.15, 0.2) is 52.3 Å². The molecule has 118 valence electrons. The van der Waals surface area contributed by atoms with E-state index in [1.54, 1.807) is 30.3 Å². The number of nitro groups is 1. The van der Waals surface area contributed by atoms with Gasteiger partial charge in [0, 0.05) is 17.0 Å². The summed E-state index contributed by atoms with van der Waals surface area (Å²) in [5.41, 5.74) is 0.422. The number of halogens is 2. The van der Waals surface area contributed by atoms with Gasteiger partial charge in [0.2, 0.25) is 0 Å². The molecule has 2 aromatic rings. The maximum atomic E-state index is 11.0. The molecule has 0 atom stereocenters. The average molecular weight is 370 g/mol. The number of carboxylic acids is 1. The van der Waals surface area contributed by atoms with Crippen molar-refractivity contribution < 1.29 is 14.8 Å². The van der Waals surface area contributed by atoms with E-state index in [4.69, 9.17) is 28.3 Å². The van der Waals surface area contributed by atoms with Crippen molar-refractivity contribution in [2.45, 2.75) is 9.79 Å². The molecule has 0 unspecified atom stereocenters. The molecular formula is C15H9Cl2NO4S. The second kappa shape index (κ2) is 7.50. The van der Waals surface area contributed by atoms with Crippen molar-refractivity contribution in [3.8, 4) is 0 Å². The van der Waals surface area contributed by atoms with Crippen LogP contribution in [0.3, 0.4) is 0 Å². The molecule has 0 aliphatic rings. The van der Waals surface area contributed by atoms with E-state index < -0.39 is 10.9 Å². The number of para-hydroxylation sites is 1. The molecule has 0 saturated carbocycles. The molecule has 5 nitrogen and oxygen atoms in total. The zero-order valence-electron chi connectivity index (χ0n) is 11.4. The molecule has 0 saturated heterocycles. The first-order chi connectivity index (χ1) is 10.9. The van der Waals surface area contributed by atoms with Crippen LogP contribution >= 0.6 is 35.0 Å². The molecule has 23 heavy (non-hydrogen) atoms. The van der Waals surface area contributed by atoms with Crippen molar-refractivity contribution in [1.29, 1.82) is 0 Å². The normalized spacial score (nSPS) is 10.9. The Labute approximate surface area is 145 Å². The number of hydrogen-bond acceptors (Lipinski definition) is 4. The van der Waals surface area contributed by atoms with Crippen LogP contribution in [-0.2, 0) is 4.79 Å². The molecule has 0 amide bonds. The Bertz CT molecular complexity index is 808. The highest BCUT2D eigenvalue weighted by atomic mass is 35.5. The van der Waals surface area contributed by atoms with Gasteiger partial charge in [-0.25, -0.2) is 4.79 Å². The summed E-state index contributed by atoms with van der Waals surface area (Å²) in [6.07, 6.45) is 2.28. The number of hydrogen-bond donors (Lipinski definition) is 1. The number of carboxylic acid groups (broad SMARTS) is 1. The molecule has 2 aromatic carbocycles. The van der Waals surface area contributed by atoms with Crippen LogP contribution in [0.2, 0.25) is 10.0 Å². The van der Waals surface area contributed by atoms with E-state index in [1.807, 2.05) is 0 Å². The first kappa shape index (κ1) is 17.3. The Morgan fingerprint density at radius 2 is 1.83 bits per heavy atom. The van der Waals surface area contributed by atoms with E-state index in [-0.39, 0.29) is 15.7 Å². The third-order valence-electron chi connectivity index (χ3n) is 2.76. The molecule has 1 N–H and O–H groups in total. The Morgan fingerprint density at radius 3 is 2.48 bits per heavy atom. The first-order valence-electron chi connectivity index (χ1n) is 6.20. The minimum atomic E-state index is -1.10. The monoisotopic (exact) mass is 369 g/mol. The predicted octanol–water partition coefficient (Wildman–Crippen LogP) is 5.15. The van der Waals surface area contributed by atoms with E-state index in [0.29, 0.717) is 15.4 Å². The summed E-state index contributed by atoms with van der Waals surface area (Å²) in [6, 6.07) is 9.53. The summed E-state index contributed by atoms with van der Waals surface area (Å²) in [5.74, 6) is -1.10. The van der Waals surface area contributed by atoms with Crippen LogP contribution in [0.1, 0.15) is 5.56 Å². The molecule has 0 fully saturated rings. The summed E-state index contributed by atoms with van der Waals surface area (Å²) >= 11 is 13.4. The molecule has 0 aliphatic carbocycles. The van der Waals surface area contributed by atoms with Crippen molar-refractivity contribution >= 4 is 52.7 Å². The highest BCUT2D eigenvalue weighted by Crippen LogP contribution is 2.41. The van der Waals surface area contributed by atoms with Gasteiger partial charge in [0.1, 0.15) is 0 Å². The average Bonchev–Trinajstić information content (AvgIpc) is 2.51. The fourth-order valence-electron chi connectivity index (χ4n) is 1.73. The summed E-state index contributed by atoms with van der Waals surface area (Å²) < 4.78 is 0. The SMILES string of the molecule is O=C(O)C=Cc1ccc(Sc2ccccc2[N+](=O)[O-])c(Cl)c1Cl. The summed E-state index contributed by atoms with van der Waals surface area (Å²) in [7, 11) is 0. The van der Waals surface area contributed by atoms with Gasteiger partial charge < -0.3 is 5.11 Å². The zero-order valence-corrected chi connectivity index (χ0v) is 13.7. The highest BCUT2D eigenvalue weighted by Gasteiger charge is 2.16. The molecule has 0 heterocycles. The number of nitro benzene ring substituents is 1. The van der Waals surface area contributed by atoms with Crippen LogP contribution in [0.5, 0.6) is 0 Å². The minimum absolute atomic E-state index is 0.0282. The predicted molar refractivity (Wildman–Crippen MR) is 90.4 cm³/mol. The molecule has 0 aliphatic heterocycles. The topological polar surface area (TPSA) is 80.4 Å². The van der Waals surface area contributed by atoms with Crippen LogP contribution in [0, 0.1) is 10.1 Å². The van der Waals surface area contributed by atoms with E-state index in [0.717, 1.165) is 17.8 Å². The lowest BCUT2D eigenvalue weighted by Gasteiger charge is -2.08. The van der Waals surface area contributed by atoms with E-state index >= 15 is 0 Å². The first-order valence-corrected chi connectivity index (χ1v) is 7.77. The lowest BCUT2D eigenvalue weighted by molar-refractivity contribution is -0.387. The third kappa shape index (κ3) is 4.25. The van der Waals surface area contributed by atoms with Gasteiger partial charge in [-0.15, -0.1) is 0 Å². The van der Waals surface area contributed by atoms with Gasteiger partial charge in [-0.3, -0.25) is 10.1 Å². The van der Waals surface area contributed by atoms with Crippen molar-refractivity contribution in [2.24, 2.45) is 0 Å². The van der Waals surface area contributed by atoms with Gasteiger partial charge in [-0.2, -0.15) is 0 Å². The maximum Gasteiger partial charge on any atom is 0.328 e. The van der Waals surface area contributed by atoms with Gasteiger partial charge >= 0.3 is 5.97 Å². The van der Waals surface area contributed by atoms with Crippen LogP contribution in [-0.4, -0.2) is 16.0 Å². The Balaban J connectivity index is 2.38. The molecular weight excluding hydrogens is 361 g/mol. The third-order valence-corrected chi connectivity index (χ3v) is 4.90. The summed E-state index contributed by atoms with van der Waals surface area (Å²) in [4.78, 5) is 22.1. The minimum Gasteiger partial charge on any atom is -0.478 e. The highest BCUT2D eigenvalue weighted by molar-refractivity contribution is 7.99. The zero-order chi connectivity index (χ0) is 17.0. The van der Waals surface area contributed by atoms with E-state index in [9.17, 15) is 14.9 Å². The van der Waals surface area contributed by atoms with Crippen molar-refractivity contribution in [3.05, 3.63) is 68.2 Å². The standard InChI is InChI=1S/C15H9Cl2NO4S/c16-14-9(6-8-13(19)20)5-7-12(15(14)17)23-11-4-2-1-3-10(11)18(21)22/h1-8H,(H,19,20). The summed E-state index contributed by atoms with van der Waals surface area (Å²) in [6.45, 7) is 0. The molecule has 0 bridgehead atoms. The summed E-state index contributed by atoms with van der Waals surface area (Å²) in [5, 5.41) is 20.1. The van der Waals surface area contributed by atoms with Crippen molar-refractivity contribution in [1.82, 2.24) is 0 Å². The smallest absolute Gasteiger partial charge is 0.328 e. The lowest BCUT2D eigenvalue weighted by atomic mass is 10.2. The van der Waals surface area contributed by atoms with Crippen molar-refractivity contribution in [2.75, 3.05) is 0 Å². The number of nitrogens with zero attached hydrogens (tertiary/aromatic N) is 1. The molecule has 2 rings (SSSR count). The van der Waals surface area contributed by atoms with Gasteiger partial charge in [0.05, 0.1) is 19.9 Å². The lowest BCUT2D eigenvalue weighted by Crippen LogP contribution is -1.90. The Kier molecular flexibility index (Phi) is 5.65.